The van der Waals surface area contributed by atoms with Crippen LogP contribution in [0, 0.1) is 27.7 Å². The lowest BCUT2D eigenvalue weighted by Crippen LogP contribution is -2.10. The Kier molecular flexibility index (Phi) is 8.43. The van der Waals surface area contributed by atoms with Crippen LogP contribution in [0.25, 0.3) is 12.2 Å². The van der Waals surface area contributed by atoms with Crippen LogP contribution in [0.4, 0.5) is 34.1 Å². The van der Waals surface area contributed by atoms with Crippen LogP contribution in [-0.4, -0.2) is 0 Å². The molecule has 0 saturated heterocycles. The molecule has 6 aromatic rings. The van der Waals surface area contributed by atoms with E-state index in [4.69, 9.17) is 0 Å². The molecule has 0 bridgehead atoms. The van der Waals surface area contributed by atoms with Crippen molar-refractivity contribution < 1.29 is 0 Å². The van der Waals surface area contributed by atoms with E-state index in [0.717, 1.165) is 45.3 Å². The largest absolute Gasteiger partial charge is 0.310 e. The number of hydrogen-bond acceptors (Lipinski definition) is 2. The zero-order chi connectivity index (χ0) is 30.5. The molecule has 0 amide bonds. The van der Waals surface area contributed by atoms with Crippen molar-refractivity contribution in [1.82, 2.24) is 0 Å². The lowest BCUT2D eigenvalue weighted by Gasteiger charge is -2.26. The highest BCUT2D eigenvalue weighted by molar-refractivity contribution is 5.82. The number of benzene rings is 6. The first-order chi connectivity index (χ1) is 21.4. The van der Waals surface area contributed by atoms with Gasteiger partial charge in [-0.15, -0.1) is 0 Å². The lowest BCUT2D eigenvalue weighted by molar-refractivity contribution is 1.27. The maximum absolute atomic E-state index is 2.32. The van der Waals surface area contributed by atoms with Crippen LogP contribution in [-0.2, 0) is 0 Å². The zero-order valence-electron chi connectivity index (χ0n) is 25.9. The monoisotopic (exact) mass is 570 g/mol. The van der Waals surface area contributed by atoms with E-state index in [-0.39, 0.29) is 0 Å². The van der Waals surface area contributed by atoms with Crippen molar-refractivity contribution in [3.8, 4) is 0 Å². The van der Waals surface area contributed by atoms with E-state index in [1.54, 1.807) is 0 Å². The van der Waals surface area contributed by atoms with Gasteiger partial charge in [-0.25, -0.2) is 0 Å². The smallest absolute Gasteiger partial charge is 0.0467 e. The third-order valence-electron chi connectivity index (χ3n) is 7.89. The molecule has 0 heterocycles. The third-order valence-corrected chi connectivity index (χ3v) is 7.89. The van der Waals surface area contributed by atoms with Gasteiger partial charge in [-0.3, -0.25) is 0 Å². The molecule has 2 nitrogen and oxygen atoms in total. The van der Waals surface area contributed by atoms with Crippen LogP contribution in [0.5, 0.6) is 0 Å². The molecule has 6 rings (SSSR count). The van der Waals surface area contributed by atoms with E-state index in [2.05, 4.69) is 195 Å². The Labute approximate surface area is 262 Å². The first-order valence-corrected chi connectivity index (χ1v) is 15.2. The van der Waals surface area contributed by atoms with E-state index in [0.29, 0.717) is 0 Å². The van der Waals surface area contributed by atoms with Gasteiger partial charge >= 0.3 is 0 Å². The highest BCUT2D eigenvalue weighted by Gasteiger charge is 2.14. The summed E-state index contributed by atoms with van der Waals surface area (Å²) in [6.07, 6.45) is 4.40. The Morgan fingerprint density at radius 2 is 0.591 bits per heavy atom. The molecule has 0 fully saturated rings. The molecular weight excluding hydrogens is 532 g/mol. The molecule has 0 saturated carbocycles. The first kappa shape index (κ1) is 28.8. The Morgan fingerprint density at radius 1 is 0.318 bits per heavy atom. The highest BCUT2D eigenvalue weighted by atomic mass is 15.1. The average molecular weight is 571 g/mol. The van der Waals surface area contributed by atoms with Gasteiger partial charge in [0.2, 0.25) is 0 Å². The summed E-state index contributed by atoms with van der Waals surface area (Å²) in [6, 6.07) is 52.4. The van der Waals surface area contributed by atoms with Crippen LogP contribution < -0.4 is 9.80 Å². The summed E-state index contributed by atoms with van der Waals surface area (Å²) in [7, 11) is 0. The minimum Gasteiger partial charge on any atom is -0.310 e. The van der Waals surface area contributed by atoms with Gasteiger partial charge < -0.3 is 9.80 Å². The van der Waals surface area contributed by atoms with Crippen molar-refractivity contribution in [2.45, 2.75) is 27.7 Å². The van der Waals surface area contributed by atoms with Crippen molar-refractivity contribution in [2.75, 3.05) is 9.80 Å². The fourth-order valence-corrected chi connectivity index (χ4v) is 5.40. The summed E-state index contributed by atoms with van der Waals surface area (Å²) in [6.45, 7) is 8.50. The van der Waals surface area contributed by atoms with E-state index in [1.807, 2.05) is 0 Å². The summed E-state index contributed by atoms with van der Waals surface area (Å²) in [5.74, 6) is 0. The van der Waals surface area contributed by atoms with Crippen LogP contribution in [0.2, 0.25) is 0 Å². The minimum absolute atomic E-state index is 1.12. The topological polar surface area (TPSA) is 6.48 Å². The number of anilines is 6. The normalized spacial score (nSPS) is 11.1. The molecule has 6 aromatic carbocycles. The molecule has 44 heavy (non-hydrogen) atoms. The quantitative estimate of drug-likeness (QED) is 0.168. The number of hydrogen-bond donors (Lipinski definition) is 0. The molecule has 216 valence electrons. The second-order valence-corrected chi connectivity index (χ2v) is 11.5. The molecule has 0 spiro atoms. The summed E-state index contributed by atoms with van der Waals surface area (Å²) >= 11 is 0. The molecule has 2 heteroatoms. The second kappa shape index (κ2) is 12.9. The van der Waals surface area contributed by atoms with E-state index < -0.39 is 0 Å². The lowest BCUT2D eigenvalue weighted by atomic mass is 10.1. The molecular formula is C42H38N2. The standard InChI is InChI=1S/C42H38N2/c1-31-11-21-37(22-12-31)43(38-23-13-32(2)14-24-38)41-9-5-7-35(29-41)19-20-36-8-6-10-42(30-36)44(39-25-15-33(3)16-26-39)40-27-17-34(4)18-28-40/h5-30H,1-4H3/b20-19+. The highest BCUT2D eigenvalue weighted by Crippen LogP contribution is 2.37. The van der Waals surface area contributed by atoms with Crippen LogP contribution in [0.15, 0.2) is 146 Å². The summed E-state index contributed by atoms with van der Waals surface area (Å²) in [4.78, 5) is 4.63. The molecule has 0 unspecified atom stereocenters. The van der Waals surface area contributed by atoms with Gasteiger partial charge in [0.1, 0.15) is 0 Å². The van der Waals surface area contributed by atoms with Crippen molar-refractivity contribution >= 4 is 46.3 Å². The fourth-order valence-electron chi connectivity index (χ4n) is 5.40. The maximum Gasteiger partial charge on any atom is 0.0467 e. The van der Waals surface area contributed by atoms with Crippen LogP contribution in [0.3, 0.4) is 0 Å². The first-order valence-electron chi connectivity index (χ1n) is 15.2. The van der Waals surface area contributed by atoms with Gasteiger partial charge in [0.05, 0.1) is 0 Å². The molecule has 0 atom stereocenters. The van der Waals surface area contributed by atoms with Gasteiger partial charge in [0, 0.05) is 34.1 Å². The Balaban J connectivity index is 1.33. The summed E-state index contributed by atoms with van der Waals surface area (Å²) in [5.41, 5.74) is 14.1. The Hall–Kier alpha value is -5.34. The van der Waals surface area contributed by atoms with Crippen molar-refractivity contribution in [3.05, 3.63) is 179 Å². The van der Waals surface area contributed by atoms with Gasteiger partial charge in [-0.05, 0) is 112 Å². The minimum atomic E-state index is 1.12. The zero-order valence-corrected chi connectivity index (χ0v) is 25.9. The van der Waals surface area contributed by atoms with Crippen LogP contribution >= 0.6 is 0 Å². The van der Waals surface area contributed by atoms with Crippen molar-refractivity contribution in [1.29, 1.82) is 0 Å². The van der Waals surface area contributed by atoms with Gasteiger partial charge in [-0.1, -0.05) is 107 Å². The van der Waals surface area contributed by atoms with Crippen molar-refractivity contribution in [3.63, 3.8) is 0 Å². The third kappa shape index (κ3) is 6.66. The Morgan fingerprint density at radius 3 is 0.864 bits per heavy atom. The summed E-state index contributed by atoms with van der Waals surface area (Å²) < 4.78 is 0. The molecule has 0 N–H and O–H groups in total. The van der Waals surface area contributed by atoms with Gasteiger partial charge in [0.15, 0.2) is 0 Å². The average Bonchev–Trinajstić information content (AvgIpc) is 3.04. The van der Waals surface area contributed by atoms with Crippen molar-refractivity contribution in [2.24, 2.45) is 0 Å². The molecule has 0 radical (unpaired) electrons. The number of aryl methyl sites for hydroxylation is 4. The van der Waals surface area contributed by atoms with Gasteiger partial charge in [-0.2, -0.15) is 0 Å². The predicted molar refractivity (Wildman–Crippen MR) is 190 cm³/mol. The number of nitrogens with zero attached hydrogens (tertiary/aromatic N) is 2. The Bertz CT molecular complexity index is 1630. The summed E-state index contributed by atoms with van der Waals surface area (Å²) in [5, 5.41) is 0. The SMILES string of the molecule is Cc1ccc(N(c2ccc(C)cc2)c2cccc(/C=C/c3cccc(N(c4ccc(C)cc4)c4ccc(C)cc4)c3)c2)cc1. The molecule has 0 aliphatic rings. The van der Waals surface area contributed by atoms with E-state index in [9.17, 15) is 0 Å². The van der Waals surface area contributed by atoms with E-state index >= 15 is 0 Å². The second-order valence-electron chi connectivity index (χ2n) is 11.5. The van der Waals surface area contributed by atoms with Gasteiger partial charge in [0.25, 0.3) is 0 Å². The molecule has 0 aromatic heterocycles. The van der Waals surface area contributed by atoms with E-state index in [1.165, 1.54) is 22.3 Å². The van der Waals surface area contributed by atoms with Crippen LogP contribution in [0.1, 0.15) is 33.4 Å². The fraction of sp³-hybridized carbons (Fsp3) is 0.0952. The number of rotatable bonds is 8. The maximum atomic E-state index is 2.32. The molecule has 0 aliphatic carbocycles. The molecule has 0 aliphatic heterocycles. The predicted octanol–water partition coefficient (Wildman–Crippen LogP) is 12.0.